The molecule has 6 rings (SSSR count). The molecule has 1 aromatic heterocycles. The molecule has 0 spiro atoms. The summed E-state index contributed by atoms with van der Waals surface area (Å²) in [4.78, 5) is 30.5. The third kappa shape index (κ3) is 5.64. The molecule has 11 heteroatoms. The van der Waals surface area contributed by atoms with E-state index in [-0.39, 0.29) is 35.4 Å². The minimum Gasteiger partial charge on any atom is -0.496 e. The summed E-state index contributed by atoms with van der Waals surface area (Å²) in [5.74, 6) is 2.43. The molecule has 9 nitrogen and oxygen atoms in total. The second kappa shape index (κ2) is 12.0. The minimum absolute atomic E-state index is 0.0300. The maximum Gasteiger partial charge on any atom is 0.230 e. The van der Waals surface area contributed by atoms with E-state index in [9.17, 15) is 9.59 Å². The zero-order valence-corrected chi connectivity index (χ0v) is 25.6. The predicted molar refractivity (Wildman–Crippen MR) is 165 cm³/mol. The molecule has 2 aromatic carbocycles. The average Bonchev–Trinajstić information content (AvgIpc) is 3.34. The van der Waals surface area contributed by atoms with Crippen molar-refractivity contribution in [2.24, 2.45) is 16.8 Å². The molecule has 0 saturated heterocycles. The summed E-state index contributed by atoms with van der Waals surface area (Å²) in [5, 5.41) is 17.0. The maximum absolute atomic E-state index is 12.9. The van der Waals surface area contributed by atoms with Crippen molar-refractivity contribution in [3.05, 3.63) is 64.7 Å². The Bertz CT molecular complexity index is 1510. The number of ether oxygens (including phenoxy) is 2. The molecule has 2 amide bonds. The Morgan fingerprint density at radius 3 is 2.24 bits per heavy atom. The lowest BCUT2D eigenvalue weighted by atomic mass is 9.78. The van der Waals surface area contributed by atoms with Crippen LogP contribution in [0.5, 0.6) is 11.5 Å². The molecule has 2 saturated carbocycles. The molecular formula is C31H35N5O4S2. The first-order chi connectivity index (χ1) is 20.4. The van der Waals surface area contributed by atoms with Crippen LogP contribution in [0.1, 0.15) is 54.7 Å². The lowest BCUT2D eigenvalue weighted by Gasteiger charge is -2.33. The van der Waals surface area contributed by atoms with Crippen molar-refractivity contribution in [3.63, 3.8) is 0 Å². The van der Waals surface area contributed by atoms with Gasteiger partial charge in [0.1, 0.15) is 16.5 Å². The Balaban J connectivity index is 1.05. The van der Waals surface area contributed by atoms with Gasteiger partial charge in [-0.05, 0) is 43.2 Å². The number of para-hydroxylation sites is 2. The zero-order chi connectivity index (χ0) is 29.3. The Labute approximate surface area is 253 Å². The molecule has 2 heterocycles. The summed E-state index contributed by atoms with van der Waals surface area (Å²) in [6.45, 7) is 2.28. The van der Waals surface area contributed by atoms with Crippen LogP contribution >= 0.6 is 23.1 Å². The summed E-state index contributed by atoms with van der Waals surface area (Å²) in [7, 11) is 3.22. The van der Waals surface area contributed by atoms with Gasteiger partial charge in [-0.1, -0.05) is 72.8 Å². The van der Waals surface area contributed by atoms with Crippen LogP contribution in [0.15, 0.2) is 53.5 Å². The SMILES string of the molecule is COc1ccccc1CC(=O)NC1=NC2C(C)C2(C2CCCC(c3nnc(NC(=O)Cc4ccccc4OC)s3)C2)S1. The first kappa shape index (κ1) is 28.7. The van der Waals surface area contributed by atoms with Crippen LogP contribution < -0.4 is 20.1 Å². The van der Waals surface area contributed by atoms with E-state index < -0.39 is 0 Å². The Morgan fingerprint density at radius 1 is 0.929 bits per heavy atom. The Morgan fingerprint density at radius 2 is 1.57 bits per heavy atom. The molecule has 220 valence electrons. The highest BCUT2D eigenvalue weighted by Crippen LogP contribution is 2.67. The maximum atomic E-state index is 12.9. The molecule has 3 aromatic rings. The van der Waals surface area contributed by atoms with Crippen molar-refractivity contribution in [2.45, 2.75) is 62.2 Å². The highest BCUT2D eigenvalue weighted by molar-refractivity contribution is 8.15. The molecule has 2 N–H and O–H groups in total. The first-order valence-electron chi connectivity index (χ1n) is 14.3. The number of anilines is 1. The average molecular weight is 606 g/mol. The van der Waals surface area contributed by atoms with Crippen LogP contribution in [-0.2, 0) is 22.4 Å². The molecule has 5 unspecified atom stereocenters. The zero-order valence-electron chi connectivity index (χ0n) is 24.0. The van der Waals surface area contributed by atoms with Gasteiger partial charge in [0.05, 0.1) is 37.9 Å². The number of amides is 2. The van der Waals surface area contributed by atoms with Gasteiger partial charge >= 0.3 is 0 Å². The fourth-order valence-electron chi connectivity index (χ4n) is 6.62. The predicted octanol–water partition coefficient (Wildman–Crippen LogP) is 5.23. The van der Waals surface area contributed by atoms with Crippen molar-refractivity contribution in [2.75, 3.05) is 19.5 Å². The van der Waals surface area contributed by atoms with Gasteiger partial charge in [-0.2, -0.15) is 0 Å². The van der Waals surface area contributed by atoms with Gasteiger partial charge in [0, 0.05) is 17.0 Å². The van der Waals surface area contributed by atoms with Crippen LogP contribution in [0.25, 0.3) is 0 Å². The number of fused-ring (bicyclic) bond motifs is 1. The van der Waals surface area contributed by atoms with Crippen LogP contribution in [0.3, 0.4) is 0 Å². The number of carbonyl (C=O) groups excluding carboxylic acids is 2. The van der Waals surface area contributed by atoms with E-state index in [4.69, 9.17) is 14.5 Å². The number of amidine groups is 1. The van der Waals surface area contributed by atoms with Crippen LogP contribution in [0.2, 0.25) is 0 Å². The molecular weight excluding hydrogens is 571 g/mol. The van der Waals surface area contributed by atoms with Crippen molar-refractivity contribution >= 4 is 45.2 Å². The fourth-order valence-corrected chi connectivity index (χ4v) is 9.20. The Hall–Kier alpha value is -3.44. The van der Waals surface area contributed by atoms with E-state index >= 15 is 0 Å². The monoisotopic (exact) mass is 605 g/mol. The summed E-state index contributed by atoms with van der Waals surface area (Å²) in [6, 6.07) is 15.3. The normalized spacial score (nSPS) is 26.1. The number of hydrogen-bond acceptors (Lipinski definition) is 9. The smallest absolute Gasteiger partial charge is 0.230 e. The van der Waals surface area contributed by atoms with Gasteiger partial charge in [0.2, 0.25) is 16.9 Å². The lowest BCUT2D eigenvalue weighted by Crippen LogP contribution is -2.33. The van der Waals surface area contributed by atoms with Gasteiger partial charge in [-0.3, -0.25) is 14.6 Å². The minimum atomic E-state index is -0.142. The number of carbonyl (C=O) groups is 2. The number of aliphatic imine (C=N–C) groups is 1. The van der Waals surface area contributed by atoms with Gasteiger partial charge in [0.25, 0.3) is 0 Å². The standard InChI is InChI=1S/C31H35N5O4S2/c1-18-27-31(18,42-29(34-27)32-25(37)16-19-9-4-6-13-23(19)39-2)22-12-8-11-21(15-22)28-35-36-30(41-28)33-26(38)17-20-10-5-7-14-24(20)40-3/h4-7,9-10,13-14,18,21-22,27H,8,11-12,15-17H2,1-3H3,(H,32,34,37)(H,33,36,38). The number of nitrogens with zero attached hydrogens (tertiary/aromatic N) is 3. The third-order valence-corrected chi connectivity index (χ3v) is 11.5. The summed E-state index contributed by atoms with van der Waals surface area (Å²) in [5.41, 5.74) is 1.69. The third-order valence-electron chi connectivity index (χ3n) is 8.75. The molecule has 0 radical (unpaired) electrons. The molecule has 0 bridgehead atoms. The van der Waals surface area contributed by atoms with Crippen LogP contribution in [0.4, 0.5) is 5.13 Å². The topological polar surface area (TPSA) is 115 Å². The number of benzene rings is 2. The Kier molecular flexibility index (Phi) is 8.22. The summed E-state index contributed by atoms with van der Waals surface area (Å²) >= 11 is 3.22. The highest BCUT2D eigenvalue weighted by Gasteiger charge is 2.70. The van der Waals surface area contributed by atoms with Crippen molar-refractivity contribution in [1.29, 1.82) is 0 Å². The van der Waals surface area contributed by atoms with Crippen molar-refractivity contribution in [1.82, 2.24) is 15.5 Å². The highest BCUT2D eigenvalue weighted by atomic mass is 32.2. The number of nitrogens with one attached hydrogen (secondary N) is 2. The molecule has 1 aliphatic heterocycles. The summed E-state index contributed by atoms with van der Waals surface area (Å²) in [6.07, 6.45) is 4.78. The van der Waals surface area contributed by atoms with Gasteiger partial charge in [-0.15, -0.1) is 10.2 Å². The quantitative estimate of drug-likeness (QED) is 0.343. The number of aromatic nitrogens is 2. The first-order valence-corrected chi connectivity index (χ1v) is 16.0. The second-order valence-corrected chi connectivity index (χ2v) is 13.5. The van der Waals surface area contributed by atoms with Crippen molar-refractivity contribution < 1.29 is 19.1 Å². The van der Waals surface area contributed by atoms with E-state index in [1.807, 2.05) is 48.5 Å². The van der Waals surface area contributed by atoms with E-state index in [1.54, 1.807) is 26.0 Å². The molecule has 42 heavy (non-hydrogen) atoms. The van der Waals surface area contributed by atoms with E-state index in [0.717, 1.165) is 47.0 Å². The second-order valence-electron chi connectivity index (χ2n) is 11.2. The molecule has 5 atom stereocenters. The van der Waals surface area contributed by atoms with Crippen LogP contribution in [-0.4, -0.2) is 52.2 Å². The van der Waals surface area contributed by atoms with Gasteiger partial charge in [0.15, 0.2) is 5.17 Å². The van der Waals surface area contributed by atoms with E-state index in [0.29, 0.717) is 34.4 Å². The largest absolute Gasteiger partial charge is 0.496 e. The van der Waals surface area contributed by atoms with Gasteiger partial charge in [-0.25, -0.2) is 0 Å². The fraction of sp³-hybridized carbons (Fsp3) is 0.452. The number of hydrogen-bond donors (Lipinski definition) is 2. The van der Waals surface area contributed by atoms with E-state index in [2.05, 4.69) is 27.8 Å². The van der Waals surface area contributed by atoms with Crippen molar-refractivity contribution in [3.8, 4) is 11.5 Å². The number of methoxy groups -OCH3 is 2. The number of rotatable bonds is 9. The lowest BCUT2D eigenvalue weighted by molar-refractivity contribution is -0.119. The summed E-state index contributed by atoms with van der Waals surface area (Å²) < 4.78 is 10.8. The van der Waals surface area contributed by atoms with Gasteiger partial charge < -0.3 is 20.1 Å². The van der Waals surface area contributed by atoms with Crippen LogP contribution in [0, 0.1) is 11.8 Å². The molecule has 2 fully saturated rings. The van der Waals surface area contributed by atoms with E-state index in [1.165, 1.54) is 11.3 Å². The molecule has 2 aliphatic carbocycles. The molecule has 3 aliphatic rings. The number of thioether (sulfide) groups is 1.